The van der Waals surface area contributed by atoms with Gasteiger partial charge in [0, 0.05) is 11.3 Å². The highest BCUT2D eigenvalue weighted by Crippen LogP contribution is 2.18. The van der Waals surface area contributed by atoms with Crippen LogP contribution in [0.3, 0.4) is 0 Å². The third-order valence-electron chi connectivity index (χ3n) is 5.55. The van der Waals surface area contributed by atoms with E-state index in [0.29, 0.717) is 24.3 Å². The monoisotopic (exact) mass is 502 g/mol. The minimum Gasteiger partial charge on any atom is -0.469 e. The number of amides is 2. The first-order valence-corrected chi connectivity index (χ1v) is 13.4. The topological polar surface area (TPSA) is 97.6 Å². The molecule has 2 N–H and O–H groups in total. The van der Waals surface area contributed by atoms with Crippen LogP contribution in [-0.4, -0.2) is 35.6 Å². The van der Waals surface area contributed by atoms with E-state index in [2.05, 4.69) is 10.6 Å². The van der Waals surface area contributed by atoms with Crippen molar-refractivity contribution in [3.8, 4) is 0 Å². The lowest BCUT2D eigenvalue weighted by Crippen LogP contribution is -2.52. The molecule has 2 rings (SSSR count). The molecule has 8 heteroatoms. The first kappa shape index (κ1) is 28.5. The molecule has 2 aromatic rings. The lowest BCUT2D eigenvalue weighted by atomic mass is 10.0. The molecular weight excluding hydrogens is 464 g/mol. The van der Waals surface area contributed by atoms with E-state index >= 15 is 0 Å². The fourth-order valence-corrected chi connectivity index (χ4v) is 4.55. The average molecular weight is 503 g/mol. The van der Waals surface area contributed by atoms with Crippen LogP contribution in [0.15, 0.2) is 47.1 Å². The summed E-state index contributed by atoms with van der Waals surface area (Å²) in [6, 6.07) is 9.89. The minimum atomic E-state index is -0.781. The van der Waals surface area contributed by atoms with Gasteiger partial charge in [0.05, 0.1) is 18.1 Å². The third kappa shape index (κ3) is 10.6. The zero-order valence-electron chi connectivity index (χ0n) is 21.2. The molecule has 0 bridgehead atoms. The van der Waals surface area contributed by atoms with Crippen LogP contribution in [0, 0.1) is 12.8 Å². The predicted molar refractivity (Wildman–Crippen MR) is 139 cm³/mol. The van der Waals surface area contributed by atoms with Crippen molar-refractivity contribution in [2.24, 2.45) is 5.92 Å². The number of thioether (sulfide) groups is 1. The second kappa shape index (κ2) is 15.3. The number of unbranched alkanes of at least 4 members (excludes halogenated alkanes) is 1. The predicted octanol–water partition coefficient (Wildman–Crippen LogP) is 5.41. The van der Waals surface area contributed by atoms with Crippen molar-refractivity contribution in [2.75, 3.05) is 5.75 Å². The van der Waals surface area contributed by atoms with Gasteiger partial charge < -0.3 is 19.8 Å². The largest absolute Gasteiger partial charge is 0.469 e. The van der Waals surface area contributed by atoms with Gasteiger partial charge in [0.1, 0.15) is 18.4 Å². The van der Waals surface area contributed by atoms with Crippen LogP contribution in [0.25, 0.3) is 0 Å². The number of carbonyl (C=O) groups is 3. The summed E-state index contributed by atoms with van der Waals surface area (Å²) in [5.41, 5.74) is 1.92. The zero-order valence-corrected chi connectivity index (χ0v) is 22.0. The molecule has 35 heavy (non-hydrogen) atoms. The molecule has 0 aliphatic carbocycles. The van der Waals surface area contributed by atoms with Gasteiger partial charge in [-0.15, -0.1) is 11.8 Å². The van der Waals surface area contributed by atoms with E-state index in [0.717, 1.165) is 29.7 Å². The molecule has 192 valence electrons. The summed E-state index contributed by atoms with van der Waals surface area (Å²) in [5.74, 6) is 1.60. The number of benzene rings is 1. The van der Waals surface area contributed by atoms with E-state index in [1.54, 1.807) is 6.26 Å². The number of ketones is 1. The normalized spacial score (nSPS) is 12.7. The highest BCUT2D eigenvalue weighted by molar-refractivity contribution is 7.99. The molecule has 1 aromatic heterocycles. The summed E-state index contributed by atoms with van der Waals surface area (Å²) in [6.45, 7) is 8.02. The number of rotatable bonds is 15. The highest BCUT2D eigenvalue weighted by Gasteiger charge is 2.27. The van der Waals surface area contributed by atoms with E-state index in [9.17, 15) is 14.4 Å². The number of hydrogen-bond acceptors (Lipinski definition) is 6. The number of ether oxygens (including phenoxy) is 1. The third-order valence-corrected chi connectivity index (χ3v) is 6.55. The van der Waals surface area contributed by atoms with Crippen molar-refractivity contribution in [3.63, 3.8) is 0 Å². The Morgan fingerprint density at radius 2 is 1.80 bits per heavy atom. The second-order valence-corrected chi connectivity index (χ2v) is 10.0. The standard InChI is InChI=1S/C27H38N2O5S/c1-5-6-12-23(25(30)18-35-17-22-13-14-33-20(22)4)28-26(31)24(15-19(2)3)29-27(32)34-16-21-10-8-7-9-11-21/h7-11,13-14,19,23-24H,5-6,12,15-18H2,1-4H3,(H,28,31)(H,29,32)/t23-,24-/m0/s1. The fraction of sp³-hybridized carbons (Fsp3) is 0.519. The number of aryl methyl sites for hydroxylation is 1. The van der Waals surface area contributed by atoms with Crippen molar-refractivity contribution in [1.82, 2.24) is 10.6 Å². The summed E-state index contributed by atoms with van der Waals surface area (Å²) in [7, 11) is 0. The highest BCUT2D eigenvalue weighted by atomic mass is 32.2. The first-order chi connectivity index (χ1) is 16.8. The smallest absolute Gasteiger partial charge is 0.408 e. The summed E-state index contributed by atoms with van der Waals surface area (Å²) >= 11 is 1.51. The van der Waals surface area contributed by atoms with Crippen molar-refractivity contribution in [3.05, 3.63) is 59.5 Å². The van der Waals surface area contributed by atoms with Gasteiger partial charge in [-0.25, -0.2) is 4.79 Å². The molecule has 1 aromatic carbocycles. The number of furan rings is 1. The number of nitrogens with one attached hydrogen (secondary N) is 2. The molecule has 0 aliphatic heterocycles. The van der Waals surface area contributed by atoms with E-state index in [4.69, 9.17) is 9.15 Å². The molecule has 0 aliphatic rings. The maximum atomic E-state index is 13.1. The van der Waals surface area contributed by atoms with Crippen LogP contribution >= 0.6 is 11.8 Å². The Balaban J connectivity index is 1.94. The van der Waals surface area contributed by atoms with Crippen LogP contribution in [0.1, 0.15) is 63.3 Å². The Morgan fingerprint density at radius 1 is 1.06 bits per heavy atom. The van der Waals surface area contributed by atoms with Crippen LogP contribution in [-0.2, 0) is 26.7 Å². The summed E-state index contributed by atoms with van der Waals surface area (Å²) in [6.07, 6.45) is 3.74. The van der Waals surface area contributed by atoms with Crippen LogP contribution < -0.4 is 10.6 Å². The van der Waals surface area contributed by atoms with Gasteiger partial charge in [0.25, 0.3) is 0 Å². The van der Waals surface area contributed by atoms with Gasteiger partial charge in [-0.2, -0.15) is 0 Å². The van der Waals surface area contributed by atoms with Crippen LogP contribution in [0.5, 0.6) is 0 Å². The molecule has 1 heterocycles. The first-order valence-electron chi connectivity index (χ1n) is 12.2. The Hall–Kier alpha value is -2.74. The van der Waals surface area contributed by atoms with E-state index in [-0.39, 0.29) is 24.2 Å². The summed E-state index contributed by atoms with van der Waals surface area (Å²) in [4.78, 5) is 38.5. The van der Waals surface area contributed by atoms with Crippen molar-refractivity contribution in [1.29, 1.82) is 0 Å². The minimum absolute atomic E-state index is 0.0205. The zero-order chi connectivity index (χ0) is 25.6. The average Bonchev–Trinajstić information content (AvgIpc) is 3.24. The fourth-order valence-electron chi connectivity index (χ4n) is 3.53. The second-order valence-electron chi connectivity index (χ2n) is 9.05. The van der Waals surface area contributed by atoms with Gasteiger partial charge in [0.15, 0.2) is 5.78 Å². The Kier molecular flexibility index (Phi) is 12.5. The van der Waals surface area contributed by atoms with Crippen molar-refractivity contribution in [2.45, 2.75) is 77.8 Å². The number of hydrogen-bond donors (Lipinski definition) is 2. The number of Topliss-reactive ketones (excluding diaryl/α,β-unsaturated/α-hetero) is 1. The van der Waals surface area contributed by atoms with Gasteiger partial charge in [-0.1, -0.05) is 63.9 Å². The molecule has 0 radical (unpaired) electrons. The van der Waals surface area contributed by atoms with Gasteiger partial charge in [0.2, 0.25) is 5.91 Å². The summed E-state index contributed by atoms with van der Waals surface area (Å²) < 4.78 is 10.6. The van der Waals surface area contributed by atoms with Gasteiger partial charge in [-0.3, -0.25) is 9.59 Å². The SMILES string of the molecule is CCCC[C@H](NC(=O)[C@H](CC(C)C)NC(=O)OCc1ccccc1)C(=O)CSCc1ccoc1C. The Labute approximate surface area is 212 Å². The molecule has 2 amide bonds. The molecule has 0 spiro atoms. The molecule has 0 unspecified atom stereocenters. The maximum Gasteiger partial charge on any atom is 0.408 e. The molecule has 0 fully saturated rings. The lowest BCUT2D eigenvalue weighted by Gasteiger charge is -2.24. The molecule has 2 atom stereocenters. The maximum absolute atomic E-state index is 13.1. The van der Waals surface area contributed by atoms with E-state index in [1.165, 1.54) is 11.8 Å². The number of carbonyl (C=O) groups excluding carboxylic acids is 3. The lowest BCUT2D eigenvalue weighted by molar-refractivity contribution is -0.128. The molecule has 0 saturated heterocycles. The quantitative estimate of drug-likeness (QED) is 0.338. The summed E-state index contributed by atoms with van der Waals surface area (Å²) in [5, 5.41) is 5.59. The molecular formula is C27H38N2O5S. The molecule has 7 nitrogen and oxygen atoms in total. The van der Waals surface area contributed by atoms with Crippen LogP contribution in [0.2, 0.25) is 0 Å². The van der Waals surface area contributed by atoms with Crippen LogP contribution in [0.4, 0.5) is 4.79 Å². The Bertz CT molecular complexity index is 929. The Morgan fingerprint density at radius 3 is 2.43 bits per heavy atom. The molecule has 0 saturated carbocycles. The van der Waals surface area contributed by atoms with E-state index < -0.39 is 18.2 Å². The van der Waals surface area contributed by atoms with E-state index in [1.807, 2.05) is 64.1 Å². The van der Waals surface area contributed by atoms with Crippen molar-refractivity contribution < 1.29 is 23.5 Å². The van der Waals surface area contributed by atoms with Gasteiger partial charge >= 0.3 is 6.09 Å². The number of alkyl carbamates (subject to hydrolysis) is 1. The van der Waals surface area contributed by atoms with Crippen molar-refractivity contribution >= 4 is 29.5 Å². The van der Waals surface area contributed by atoms with Gasteiger partial charge in [-0.05, 0) is 37.3 Å².